The van der Waals surface area contributed by atoms with E-state index in [1.807, 2.05) is 66.7 Å². The molecule has 0 heterocycles. The van der Waals surface area contributed by atoms with Gasteiger partial charge >= 0.3 is 5.97 Å². The van der Waals surface area contributed by atoms with E-state index < -0.39 is 17.1 Å². The number of fused-ring (bicyclic) bond motifs is 1. The maximum atomic E-state index is 12.2. The fraction of sp³-hybridized carbons (Fsp3) is 0.174. The molecule has 0 amide bonds. The molecule has 0 radical (unpaired) electrons. The topological polar surface area (TPSA) is 69.6 Å². The summed E-state index contributed by atoms with van der Waals surface area (Å²) in [5.74, 6) is 0.157. The second-order valence-electron chi connectivity index (χ2n) is 6.35. The molecule has 3 aromatic carbocycles. The van der Waals surface area contributed by atoms with E-state index in [0.717, 1.165) is 34.7 Å². The van der Waals surface area contributed by atoms with Crippen molar-refractivity contribution in [3.63, 3.8) is 0 Å². The third kappa shape index (κ3) is 5.62. The Labute approximate surface area is 167 Å². The van der Waals surface area contributed by atoms with Crippen molar-refractivity contribution in [1.29, 1.82) is 0 Å². The van der Waals surface area contributed by atoms with E-state index in [4.69, 9.17) is 9.84 Å². The van der Waals surface area contributed by atoms with Crippen molar-refractivity contribution in [1.82, 2.24) is 0 Å². The van der Waals surface area contributed by atoms with Gasteiger partial charge in [-0.3, -0.25) is 0 Å². The fourth-order valence-electron chi connectivity index (χ4n) is 3.02. The molecule has 0 aliphatic rings. The molecule has 3 aromatic rings. The van der Waals surface area contributed by atoms with Gasteiger partial charge < -0.3 is 14.4 Å². The molecule has 5 heteroatoms. The van der Waals surface area contributed by atoms with Crippen LogP contribution in [0.15, 0.2) is 72.1 Å². The minimum atomic E-state index is -1.01. The van der Waals surface area contributed by atoms with Crippen LogP contribution in [0.1, 0.15) is 17.5 Å². The van der Waals surface area contributed by atoms with Crippen LogP contribution in [-0.2, 0) is 22.4 Å². The predicted octanol–water partition coefficient (Wildman–Crippen LogP) is 4.66. The van der Waals surface area contributed by atoms with Crippen LogP contribution in [0, 0.1) is 0 Å². The summed E-state index contributed by atoms with van der Waals surface area (Å²) < 4.78 is 17.6. The molecule has 0 spiro atoms. The Morgan fingerprint density at radius 1 is 1.00 bits per heavy atom. The van der Waals surface area contributed by atoms with Crippen molar-refractivity contribution in [3.8, 4) is 5.75 Å². The number of carboxylic acid groups (broad SMARTS) is 1. The Bertz CT molecular complexity index is 953. The Hall–Kier alpha value is -2.76. The molecule has 3 rings (SSSR count). The third-order valence-corrected chi connectivity index (χ3v) is 5.46. The first-order valence-corrected chi connectivity index (χ1v) is 10.5. The minimum Gasteiger partial charge on any atom is -0.612 e. The lowest BCUT2D eigenvalue weighted by Crippen LogP contribution is -2.09. The average Bonchev–Trinajstić information content (AvgIpc) is 2.71. The maximum absolute atomic E-state index is 12.2. The summed E-state index contributed by atoms with van der Waals surface area (Å²) in [6.45, 7) is -0.365. The normalized spacial score (nSPS) is 12.3. The Morgan fingerprint density at radius 2 is 1.75 bits per heavy atom. The first-order chi connectivity index (χ1) is 13.6. The van der Waals surface area contributed by atoms with Crippen molar-refractivity contribution in [3.05, 3.63) is 83.3 Å². The number of carbonyl (C=O) groups is 1. The van der Waals surface area contributed by atoms with Crippen molar-refractivity contribution in [2.24, 2.45) is 0 Å². The minimum absolute atomic E-state index is 0.365. The molecule has 1 N–H and O–H groups in total. The standard InChI is InChI=1S/C23H22O4S/c24-23(25)17-27-22-13-5-11-20-19(9-4-12-21(20)22)10-6-15-28(26)16-14-18-7-2-1-3-8-18/h1-5,7-9,11-14,16H,6,10,15,17H2,(H,24,25). The smallest absolute Gasteiger partial charge is 0.341 e. The zero-order valence-electron chi connectivity index (χ0n) is 15.4. The molecule has 0 saturated carbocycles. The Kier molecular flexibility index (Phi) is 7.12. The number of hydrogen-bond donors (Lipinski definition) is 1. The molecule has 4 nitrogen and oxygen atoms in total. The molecule has 0 bridgehead atoms. The molecule has 0 aliphatic heterocycles. The van der Waals surface area contributed by atoms with Crippen molar-refractivity contribution in [2.45, 2.75) is 12.8 Å². The van der Waals surface area contributed by atoms with Gasteiger partial charge in [-0.2, -0.15) is 0 Å². The number of aliphatic carboxylic acids is 1. The second kappa shape index (κ2) is 9.97. The largest absolute Gasteiger partial charge is 0.612 e. The summed E-state index contributed by atoms with van der Waals surface area (Å²) in [5, 5.41) is 12.5. The Balaban J connectivity index is 1.62. The van der Waals surface area contributed by atoms with Crippen LogP contribution >= 0.6 is 0 Å². The monoisotopic (exact) mass is 394 g/mol. The lowest BCUT2D eigenvalue weighted by Gasteiger charge is -2.11. The first kappa shape index (κ1) is 20.0. The van der Waals surface area contributed by atoms with Crippen molar-refractivity contribution < 1.29 is 19.2 Å². The van der Waals surface area contributed by atoms with Gasteiger partial charge in [0.1, 0.15) is 16.9 Å². The number of carboxylic acids is 1. The molecular formula is C23H22O4S. The van der Waals surface area contributed by atoms with Gasteiger partial charge in [-0.15, -0.1) is 0 Å². The van der Waals surface area contributed by atoms with Crippen molar-refractivity contribution >= 4 is 34.0 Å². The molecule has 0 aromatic heterocycles. The first-order valence-electron chi connectivity index (χ1n) is 9.09. The van der Waals surface area contributed by atoms with E-state index in [2.05, 4.69) is 0 Å². The van der Waals surface area contributed by atoms with Gasteiger partial charge in [0.2, 0.25) is 0 Å². The number of aryl methyl sites for hydroxylation is 1. The highest BCUT2D eigenvalue weighted by atomic mass is 32.2. The van der Waals surface area contributed by atoms with Gasteiger partial charge in [-0.05, 0) is 52.7 Å². The lowest BCUT2D eigenvalue weighted by molar-refractivity contribution is -0.139. The van der Waals surface area contributed by atoms with E-state index in [1.54, 1.807) is 11.5 Å². The van der Waals surface area contributed by atoms with Gasteiger partial charge in [-0.25, -0.2) is 4.79 Å². The summed E-state index contributed by atoms with van der Waals surface area (Å²) in [5.41, 5.74) is 2.18. The van der Waals surface area contributed by atoms with Crippen molar-refractivity contribution in [2.75, 3.05) is 12.4 Å². The zero-order valence-corrected chi connectivity index (χ0v) is 16.2. The molecule has 28 heavy (non-hydrogen) atoms. The Morgan fingerprint density at radius 3 is 2.54 bits per heavy atom. The molecule has 1 atom stereocenters. The molecule has 144 valence electrons. The summed E-state index contributed by atoms with van der Waals surface area (Å²) in [7, 11) is 0. The van der Waals surface area contributed by atoms with Gasteiger partial charge in [0.15, 0.2) is 6.61 Å². The predicted molar refractivity (Wildman–Crippen MR) is 114 cm³/mol. The molecular weight excluding hydrogens is 372 g/mol. The fourth-order valence-corrected chi connectivity index (χ4v) is 3.89. The zero-order chi connectivity index (χ0) is 19.8. The summed E-state index contributed by atoms with van der Waals surface area (Å²) in [6.07, 6.45) is 3.48. The SMILES string of the molecule is O=C(O)COc1cccc2c(CCC[S+]([O-])C=Cc3ccccc3)cccc12. The summed E-state index contributed by atoms with van der Waals surface area (Å²) >= 11 is -1.01. The van der Waals surface area contributed by atoms with Gasteiger partial charge in [0.25, 0.3) is 0 Å². The number of rotatable bonds is 9. The highest BCUT2D eigenvalue weighted by molar-refractivity contribution is 7.94. The van der Waals surface area contributed by atoms with E-state index in [0.29, 0.717) is 11.5 Å². The lowest BCUT2D eigenvalue weighted by atomic mass is 10.0. The van der Waals surface area contributed by atoms with Gasteiger partial charge in [-0.1, -0.05) is 60.7 Å². The van der Waals surface area contributed by atoms with Gasteiger partial charge in [0.05, 0.1) is 0 Å². The molecule has 0 aliphatic carbocycles. The second-order valence-corrected chi connectivity index (χ2v) is 7.79. The van der Waals surface area contributed by atoms with Crippen LogP contribution in [0.2, 0.25) is 0 Å². The van der Waals surface area contributed by atoms with E-state index in [-0.39, 0.29) is 6.61 Å². The van der Waals surface area contributed by atoms with Crippen LogP contribution in [-0.4, -0.2) is 28.0 Å². The van der Waals surface area contributed by atoms with E-state index in [1.165, 1.54) is 0 Å². The van der Waals surface area contributed by atoms with Gasteiger partial charge in [0, 0.05) is 5.39 Å². The summed E-state index contributed by atoms with van der Waals surface area (Å²) in [4.78, 5) is 10.8. The quantitative estimate of drug-likeness (QED) is 0.536. The molecule has 0 saturated heterocycles. The highest BCUT2D eigenvalue weighted by Gasteiger charge is 2.09. The number of ether oxygens (including phenoxy) is 1. The van der Waals surface area contributed by atoms with Crippen LogP contribution < -0.4 is 4.74 Å². The highest BCUT2D eigenvalue weighted by Crippen LogP contribution is 2.28. The van der Waals surface area contributed by atoms with Crippen LogP contribution in [0.3, 0.4) is 0 Å². The van der Waals surface area contributed by atoms with Crippen LogP contribution in [0.5, 0.6) is 5.75 Å². The average molecular weight is 394 g/mol. The van der Waals surface area contributed by atoms with Crippen LogP contribution in [0.4, 0.5) is 0 Å². The third-order valence-electron chi connectivity index (χ3n) is 4.33. The summed E-state index contributed by atoms with van der Waals surface area (Å²) in [6, 6.07) is 21.4. The molecule has 0 fully saturated rings. The van der Waals surface area contributed by atoms with E-state index in [9.17, 15) is 9.35 Å². The number of hydrogen-bond acceptors (Lipinski definition) is 3. The van der Waals surface area contributed by atoms with Crippen LogP contribution in [0.25, 0.3) is 16.8 Å². The van der Waals surface area contributed by atoms with E-state index >= 15 is 0 Å². The molecule has 1 unspecified atom stereocenters. The maximum Gasteiger partial charge on any atom is 0.341 e. The number of benzene rings is 3.